The lowest BCUT2D eigenvalue weighted by Crippen LogP contribution is -2.29. The minimum Gasteiger partial charge on any atom is -0.462 e. The Hall–Kier alpha value is -2.29. The molecule has 366 valence electrons. The highest BCUT2D eigenvalue weighted by atomic mass is 31.2. The number of esters is 2. The number of phosphoric ester groups is 1. The van der Waals surface area contributed by atoms with E-state index in [4.69, 9.17) is 24.3 Å². The molecule has 0 bridgehead atoms. The fourth-order valence-electron chi connectivity index (χ4n) is 7.03. The third-order valence-corrected chi connectivity index (χ3v) is 11.9. The number of hydrogen-bond acceptors (Lipinski definition) is 8. The first kappa shape index (κ1) is 60.7. The van der Waals surface area contributed by atoms with Gasteiger partial charge in [0.15, 0.2) is 6.10 Å². The Kier molecular flexibility index (Phi) is 47.4. The second kappa shape index (κ2) is 49.2. The van der Waals surface area contributed by atoms with Gasteiger partial charge >= 0.3 is 19.8 Å². The molecule has 1 unspecified atom stereocenters. The normalized spacial score (nSPS) is 13.7. The summed E-state index contributed by atoms with van der Waals surface area (Å²) in [6.07, 6.45) is 59.8. The van der Waals surface area contributed by atoms with Crippen LogP contribution in [0.2, 0.25) is 0 Å². The maximum Gasteiger partial charge on any atom is 0.472 e. The first-order valence-corrected chi connectivity index (χ1v) is 27.3. The Labute approximate surface area is 387 Å². The first-order valence-electron chi connectivity index (χ1n) is 25.8. The molecular weight excluding hydrogens is 810 g/mol. The van der Waals surface area contributed by atoms with Crippen LogP contribution in [-0.2, 0) is 32.7 Å². The SMILES string of the molecule is CCCCCCCC/C=C/CCCCCCCCCCCCCC(=O)OC[C@H](COP(=O)(O)OCCN)OC(=O)CCC/C=C/C/C=C/C/C=C/C/C=C/CCCCCCCCC. The molecule has 0 saturated heterocycles. The Morgan fingerprint density at radius 1 is 0.476 bits per heavy atom. The van der Waals surface area contributed by atoms with Crippen molar-refractivity contribution in [2.45, 2.75) is 238 Å². The largest absolute Gasteiger partial charge is 0.472 e. The summed E-state index contributed by atoms with van der Waals surface area (Å²) in [5.74, 6) is -0.891. The number of hydrogen-bond donors (Lipinski definition) is 2. The molecule has 0 aliphatic rings. The van der Waals surface area contributed by atoms with E-state index in [-0.39, 0.29) is 32.6 Å². The summed E-state index contributed by atoms with van der Waals surface area (Å²) in [4.78, 5) is 35.0. The lowest BCUT2D eigenvalue weighted by molar-refractivity contribution is -0.161. The molecule has 0 amide bonds. The van der Waals surface area contributed by atoms with Crippen LogP contribution in [0.25, 0.3) is 0 Å². The first-order chi connectivity index (χ1) is 30.8. The van der Waals surface area contributed by atoms with E-state index in [0.29, 0.717) is 12.8 Å². The Morgan fingerprint density at radius 3 is 1.29 bits per heavy atom. The van der Waals surface area contributed by atoms with Crippen molar-refractivity contribution in [2.75, 3.05) is 26.4 Å². The quantitative estimate of drug-likeness (QED) is 0.0265. The molecule has 0 radical (unpaired) electrons. The van der Waals surface area contributed by atoms with Crippen molar-refractivity contribution in [1.29, 1.82) is 0 Å². The van der Waals surface area contributed by atoms with Crippen LogP contribution in [-0.4, -0.2) is 49.3 Å². The molecule has 0 spiro atoms. The van der Waals surface area contributed by atoms with Gasteiger partial charge < -0.3 is 20.1 Å². The molecule has 0 fully saturated rings. The van der Waals surface area contributed by atoms with E-state index < -0.39 is 32.5 Å². The van der Waals surface area contributed by atoms with Crippen LogP contribution in [0, 0.1) is 0 Å². The van der Waals surface area contributed by atoms with Crippen LogP contribution in [0.15, 0.2) is 60.8 Å². The van der Waals surface area contributed by atoms with Crippen molar-refractivity contribution in [3.63, 3.8) is 0 Å². The molecule has 0 aliphatic heterocycles. The standard InChI is InChI=1S/C53H96NO8P/c1-3-5-7-9-11-13-15-17-19-21-23-25-27-29-31-33-35-37-39-41-43-45-52(55)59-49-51(50-61-63(57,58)60-48-47-54)62-53(56)46-44-42-40-38-36-34-32-30-28-26-24-22-20-18-16-14-12-10-8-6-4-2/h17,19-20,22,26,28,32,34,38,40,51H,3-16,18,21,23-25,27,29-31,33,35-37,39,41-50,54H2,1-2H3,(H,57,58)/b19-17+,22-20+,28-26+,34-32+,40-38+/t51-/m1/s1. The molecule has 9 nitrogen and oxygen atoms in total. The van der Waals surface area contributed by atoms with Crippen molar-refractivity contribution in [2.24, 2.45) is 5.73 Å². The zero-order valence-corrected chi connectivity index (χ0v) is 41.4. The van der Waals surface area contributed by atoms with Crippen molar-refractivity contribution in [1.82, 2.24) is 0 Å². The molecular formula is C53H96NO8P. The van der Waals surface area contributed by atoms with Gasteiger partial charge in [-0.05, 0) is 77.0 Å². The van der Waals surface area contributed by atoms with Crippen LogP contribution in [0.3, 0.4) is 0 Å². The highest BCUT2D eigenvalue weighted by molar-refractivity contribution is 7.47. The van der Waals surface area contributed by atoms with Gasteiger partial charge in [0.1, 0.15) is 6.61 Å². The van der Waals surface area contributed by atoms with Crippen molar-refractivity contribution in [3.8, 4) is 0 Å². The second-order valence-corrected chi connectivity index (χ2v) is 18.5. The highest BCUT2D eigenvalue weighted by Crippen LogP contribution is 2.43. The summed E-state index contributed by atoms with van der Waals surface area (Å²) >= 11 is 0. The number of unbranched alkanes of at least 4 members (excludes halogenated alkanes) is 25. The average molecular weight is 906 g/mol. The molecule has 2 atom stereocenters. The van der Waals surface area contributed by atoms with Gasteiger partial charge in [-0.25, -0.2) is 4.57 Å². The van der Waals surface area contributed by atoms with Gasteiger partial charge in [-0.1, -0.05) is 203 Å². The van der Waals surface area contributed by atoms with E-state index in [1.807, 2.05) is 6.08 Å². The van der Waals surface area contributed by atoms with E-state index in [1.165, 1.54) is 154 Å². The molecule has 0 aromatic carbocycles. The molecule has 0 aromatic heterocycles. The van der Waals surface area contributed by atoms with Crippen molar-refractivity contribution < 1.29 is 37.6 Å². The zero-order valence-electron chi connectivity index (χ0n) is 40.6. The van der Waals surface area contributed by atoms with E-state index in [2.05, 4.69) is 68.5 Å². The Morgan fingerprint density at radius 2 is 0.841 bits per heavy atom. The summed E-state index contributed by atoms with van der Waals surface area (Å²) in [5, 5.41) is 0. The molecule has 0 saturated carbocycles. The minimum atomic E-state index is -4.40. The van der Waals surface area contributed by atoms with Crippen LogP contribution >= 0.6 is 7.82 Å². The molecule has 10 heteroatoms. The number of nitrogens with two attached hydrogens (primary N) is 1. The topological polar surface area (TPSA) is 134 Å². The predicted octanol–water partition coefficient (Wildman–Crippen LogP) is 15.6. The van der Waals surface area contributed by atoms with E-state index >= 15 is 0 Å². The molecule has 0 rings (SSSR count). The van der Waals surface area contributed by atoms with Gasteiger partial charge in [-0.3, -0.25) is 18.6 Å². The smallest absolute Gasteiger partial charge is 0.462 e. The number of carbonyl (C=O) groups is 2. The number of allylic oxidation sites excluding steroid dienone is 10. The van der Waals surface area contributed by atoms with Gasteiger partial charge in [0.25, 0.3) is 0 Å². The van der Waals surface area contributed by atoms with Crippen LogP contribution in [0.4, 0.5) is 0 Å². The zero-order chi connectivity index (χ0) is 46.0. The molecule has 0 heterocycles. The van der Waals surface area contributed by atoms with Gasteiger partial charge in [-0.2, -0.15) is 0 Å². The summed E-state index contributed by atoms with van der Waals surface area (Å²) in [7, 11) is -4.40. The summed E-state index contributed by atoms with van der Waals surface area (Å²) in [6.45, 7) is 3.68. The summed E-state index contributed by atoms with van der Waals surface area (Å²) in [5.41, 5.74) is 5.36. The highest BCUT2D eigenvalue weighted by Gasteiger charge is 2.26. The number of rotatable bonds is 48. The molecule has 0 aliphatic carbocycles. The van der Waals surface area contributed by atoms with Crippen LogP contribution in [0.5, 0.6) is 0 Å². The maximum absolute atomic E-state index is 12.6. The van der Waals surface area contributed by atoms with E-state index in [1.54, 1.807) is 0 Å². The third kappa shape index (κ3) is 49.0. The van der Waals surface area contributed by atoms with Gasteiger partial charge in [0.2, 0.25) is 0 Å². The van der Waals surface area contributed by atoms with Gasteiger partial charge in [0, 0.05) is 19.4 Å². The lowest BCUT2D eigenvalue weighted by Gasteiger charge is -2.19. The number of ether oxygens (including phenoxy) is 2. The fraction of sp³-hybridized carbons (Fsp3) is 0.774. The number of carbonyl (C=O) groups excluding carboxylic acids is 2. The van der Waals surface area contributed by atoms with Crippen molar-refractivity contribution >= 4 is 19.8 Å². The predicted molar refractivity (Wildman–Crippen MR) is 266 cm³/mol. The van der Waals surface area contributed by atoms with Crippen LogP contribution < -0.4 is 5.73 Å². The Balaban J connectivity index is 4.14. The maximum atomic E-state index is 12.6. The molecule has 63 heavy (non-hydrogen) atoms. The molecule has 0 aromatic rings. The molecule has 3 N–H and O–H groups in total. The van der Waals surface area contributed by atoms with E-state index in [9.17, 15) is 19.0 Å². The number of phosphoric acid groups is 1. The third-order valence-electron chi connectivity index (χ3n) is 10.9. The van der Waals surface area contributed by atoms with Gasteiger partial charge in [-0.15, -0.1) is 0 Å². The summed E-state index contributed by atoms with van der Waals surface area (Å²) < 4.78 is 32.9. The van der Waals surface area contributed by atoms with Gasteiger partial charge in [0.05, 0.1) is 13.2 Å². The second-order valence-electron chi connectivity index (χ2n) is 17.0. The average Bonchev–Trinajstić information content (AvgIpc) is 3.27. The fourth-order valence-corrected chi connectivity index (χ4v) is 7.80. The van der Waals surface area contributed by atoms with Crippen molar-refractivity contribution in [3.05, 3.63) is 60.8 Å². The minimum absolute atomic E-state index is 0.0430. The monoisotopic (exact) mass is 906 g/mol. The van der Waals surface area contributed by atoms with Crippen LogP contribution in [0.1, 0.15) is 232 Å². The lowest BCUT2D eigenvalue weighted by atomic mass is 10.0. The van der Waals surface area contributed by atoms with E-state index in [0.717, 1.165) is 38.5 Å². The Bertz CT molecular complexity index is 1220. The summed E-state index contributed by atoms with van der Waals surface area (Å²) in [6, 6.07) is 0.